The molecule has 0 saturated heterocycles. The molecule has 3 nitrogen and oxygen atoms in total. The maximum absolute atomic E-state index is 5.59. The molecule has 0 aliphatic carbocycles. The van der Waals surface area contributed by atoms with Crippen LogP contribution in [0.3, 0.4) is 0 Å². The molecule has 2 rings (SSSR count). The van der Waals surface area contributed by atoms with Crippen LogP contribution in [0.5, 0.6) is 5.75 Å². The van der Waals surface area contributed by atoms with Crippen LogP contribution < -0.4 is 10.5 Å². The molecule has 0 spiro atoms. The molecule has 2 N–H and O–H groups in total. The molecule has 0 aliphatic heterocycles. The number of nitrogens with zero attached hydrogens (tertiary/aromatic N) is 1. The van der Waals surface area contributed by atoms with Crippen molar-refractivity contribution < 1.29 is 4.74 Å². The van der Waals surface area contributed by atoms with Gasteiger partial charge in [-0.05, 0) is 29.7 Å². The lowest BCUT2D eigenvalue weighted by molar-refractivity contribution is 0.415. The van der Waals surface area contributed by atoms with Crippen molar-refractivity contribution in [3.05, 3.63) is 36.2 Å². The molecule has 0 fully saturated rings. The number of fused-ring (bicyclic) bond motifs is 1. The molecule has 1 heterocycles. The summed E-state index contributed by atoms with van der Waals surface area (Å²) in [5, 5.41) is 2.20. The highest BCUT2D eigenvalue weighted by Crippen LogP contribution is 2.21. The highest BCUT2D eigenvalue weighted by atomic mass is 16.5. The lowest BCUT2D eigenvalue weighted by Crippen LogP contribution is -1.99. The molecule has 0 unspecified atom stereocenters. The van der Waals surface area contributed by atoms with Gasteiger partial charge in [0.25, 0.3) is 0 Å². The quantitative estimate of drug-likeness (QED) is 0.780. The minimum Gasteiger partial charge on any atom is -0.497 e. The Hall–Kier alpha value is -1.61. The topological polar surface area (TPSA) is 48.1 Å². The number of ether oxygens (including phenoxy) is 1. The number of hydrogen-bond donors (Lipinski definition) is 1. The number of nitrogens with two attached hydrogens (primary N) is 1. The van der Waals surface area contributed by atoms with Crippen LogP contribution >= 0.6 is 0 Å². The summed E-state index contributed by atoms with van der Waals surface area (Å²) in [6.45, 7) is 0.462. The van der Waals surface area contributed by atoms with E-state index in [1.54, 1.807) is 13.3 Å². The van der Waals surface area contributed by atoms with Crippen LogP contribution in [-0.4, -0.2) is 12.1 Å². The third-order valence-corrected chi connectivity index (χ3v) is 2.25. The molecule has 1 aromatic heterocycles. The Bertz CT molecular complexity index is 454. The molecule has 0 saturated carbocycles. The van der Waals surface area contributed by atoms with Gasteiger partial charge >= 0.3 is 0 Å². The van der Waals surface area contributed by atoms with Crippen LogP contribution in [-0.2, 0) is 6.54 Å². The van der Waals surface area contributed by atoms with E-state index in [0.717, 1.165) is 22.2 Å². The van der Waals surface area contributed by atoms with Crippen LogP contribution in [0.4, 0.5) is 0 Å². The number of hydrogen-bond acceptors (Lipinski definition) is 3. The molecule has 0 amide bonds. The van der Waals surface area contributed by atoms with Crippen LogP contribution in [0, 0.1) is 0 Å². The van der Waals surface area contributed by atoms with Crippen LogP contribution in [0.1, 0.15) is 5.69 Å². The molecule has 14 heavy (non-hydrogen) atoms. The fraction of sp³-hybridized carbons (Fsp3) is 0.182. The highest BCUT2D eigenvalue weighted by Gasteiger charge is 2.01. The lowest BCUT2D eigenvalue weighted by atomic mass is 10.1. The fourth-order valence-corrected chi connectivity index (χ4v) is 1.51. The molecule has 1 aromatic carbocycles. The van der Waals surface area contributed by atoms with E-state index in [2.05, 4.69) is 4.98 Å². The second kappa shape index (κ2) is 3.64. The Balaban J connectivity index is 2.67. The predicted octanol–water partition coefficient (Wildman–Crippen LogP) is 1.70. The summed E-state index contributed by atoms with van der Waals surface area (Å²) in [4.78, 5) is 4.22. The van der Waals surface area contributed by atoms with Crippen molar-refractivity contribution in [3.8, 4) is 5.75 Å². The maximum atomic E-state index is 5.59. The van der Waals surface area contributed by atoms with Gasteiger partial charge in [-0.15, -0.1) is 0 Å². The van der Waals surface area contributed by atoms with Crippen molar-refractivity contribution in [3.63, 3.8) is 0 Å². The van der Waals surface area contributed by atoms with E-state index in [1.807, 2.05) is 24.3 Å². The first kappa shape index (κ1) is 8.97. The van der Waals surface area contributed by atoms with E-state index in [0.29, 0.717) is 6.54 Å². The van der Waals surface area contributed by atoms with Crippen LogP contribution in [0.2, 0.25) is 0 Å². The van der Waals surface area contributed by atoms with E-state index >= 15 is 0 Å². The molecule has 0 aliphatic rings. The molecule has 0 atom stereocenters. The molecule has 2 aromatic rings. The first-order valence-corrected chi connectivity index (χ1v) is 4.47. The van der Waals surface area contributed by atoms with Crippen molar-refractivity contribution in [2.75, 3.05) is 7.11 Å². The van der Waals surface area contributed by atoms with Gasteiger partial charge in [-0.25, -0.2) is 0 Å². The summed E-state index contributed by atoms with van der Waals surface area (Å²) in [7, 11) is 1.66. The average molecular weight is 188 g/mol. The monoisotopic (exact) mass is 188 g/mol. The van der Waals surface area contributed by atoms with Crippen molar-refractivity contribution in [1.29, 1.82) is 0 Å². The Morgan fingerprint density at radius 1 is 1.36 bits per heavy atom. The number of aromatic nitrogens is 1. The standard InChI is InChI=1S/C11H12N2O/c1-14-9-2-3-10-8(6-9)4-5-13-11(10)7-12/h2-6H,7,12H2,1H3. The molecular formula is C11H12N2O. The van der Waals surface area contributed by atoms with Crippen LogP contribution in [0.25, 0.3) is 10.8 Å². The van der Waals surface area contributed by atoms with Gasteiger partial charge in [0, 0.05) is 18.1 Å². The van der Waals surface area contributed by atoms with Crippen molar-refractivity contribution in [2.45, 2.75) is 6.54 Å². The zero-order chi connectivity index (χ0) is 9.97. The Morgan fingerprint density at radius 2 is 2.21 bits per heavy atom. The van der Waals surface area contributed by atoms with Crippen molar-refractivity contribution >= 4 is 10.8 Å². The van der Waals surface area contributed by atoms with Gasteiger partial charge in [0.15, 0.2) is 0 Å². The van der Waals surface area contributed by atoms with Crippen LogP contribution in [0.15, 0.2) is 30.5 Å². The van der Waals surface area contributed by atoms with E-state index < -0.39 is 0 Å². The Kier molecular flexibility index (Phi) is 2.33. The van der Waals surface area contributed by atoms with E-state index in [9.17, 15) is 0 Å². The highest BCUT2D eigenvalue weighted by molar-refractivity contribution is 5.85. The Morgan fingerprint density at radius 3 is 2.93 bits per heavy atom. The van der Waals surface area contributed by atoms with Gasteiger partial charge in [-0.1, -0.05) is 0 Å². The number of benzene rings is 1. The smallest absolute Gasteiger partial charge is 0.119 e. The molecular weight excluding hydrogens is 176 g/mol. The number of methoxy groups -OCH3 is 1. The largest absolute Gasteiger partial charge is 0.497 e. The summed E-state index contributed by atoms with van der Waals surface area (Å²) in [5.74, 6) is 0.853. The second-order valence-electron chi connectivity index (χ2n) is 3.05. The lowest BCUT2D eigenvalue weighted by Gasteiger charge is -2.05. The van der Waals surface area contributed by atoms with Crippen molar-refractivity contribution in [2.24, 2.45) is 5.73 Å². The Labute approximate surface area is 82.5 Å². The van der Waals surface area contributed by atoms with E-state index in [-0.39, 0.29) is 0 Å². The van der Waals surface area contributed by atoms with Gasteiger partial charge in [0.1, 0.15) is 5.75 Å². The average Bonchev–Trinajstić information content (AvgIpc) is 2.27. The molecule has 3 heteroatoms. The summed E-state index contributed by atoms with van der Waals surface area (Å²) >= 11 is 0. The number of rotatable bonds is 2. The normalized spacial score (nSPS) is 10.4. The first-order chi connectivity index (χ1) is 6.85. The van der Waals surface area contributed by atoms with Gasteiger partial charge in [0.05, 0.1) is 12.8 Å². The second-order valence-corrected chi connectivity index (χ2v) is 3.05. The molecule has 72 valence electrons. The van der Waals surface area contributed by atoms with Gasteiger partial charge in [-0.2, -0.15) is 0 Å². The fourth-order valence-electron chi connectivity index (χ4n) is 1.51. The third-order valence-electron chi connectivity index (χ3n) is 2.25. The minimum absolute atomic E-state index is 0.462. The minimum atomic E-state index is 0.462. The first-order valence-electron chi connectivity index (χ1n) is 4.47. The van der Waals surface area contributed by atoms with Crippen molar-refractivity contribution in [1.82, 2.24) is 4.98 Å². The summed E-state index contributed by atoms with van der Waals surface area (Å²) in [6.07, 6.45) is 1.77. The zero-order valence-electron chi connectivity index (χ0n) is 8.03. The van der Waals surface area contributed by atoms with Gasteiger partial charge in [-0.3, -0.25) is 4.98 Å². The molecule has 0 bridgehead atoms. The van der Waals surface area contributed by atoms with E-state index in [4.69, 9.17) is 10.5 Å². The maximum Gasteiger partial charge on any atom is 0.119 e. The summed E-state index contributed by atoms with van der Waals surface area (Å²) in [5.41, 5.74) is 6.51. The zero-order valence-corrected chi connectivity index (χ0v) is 8.03. The summed E-state index contributed by atoms with van der Waals surface area (Å²) < 4.78 is 5.14. The van der Waals surface area contributed by atoms with E-state index in [1.165, 1.54) is 0 Å². The summed E-state index contributed by atoms with van der Waals surface area (Å²) in [6, 6.07) is 7.85. The van der Waals surface area contributed by atoms with Gasteiger partial charge in [0.2, 0.25) is 0 Å². The number of pyridine rings is 1. The third kappa shape index (κ3) is 1.42. The van der Waals surface area contributed by atoms with Gasteiger partial charge < -0.3 is 10.5 Å². The SMILES string of the molecule is COc1ccc2c(CN)nccc2c1. The predicted molar refractivity (Wildman–Crippen MR) is 56.2 cm³/mol. The molecule has 0 radical (unpaired) electrons.